The fourth-order valence-corrected chi connectivity index (χ4v) is 3.50. The van der Waals surface area contributed by atoms with Gasteiger partial charge in [-0.3, -0.25) is 14.5 Å². The Morgan fingerprint density at radius 3 is 2.65 bits per heavy atom. The summed E-state index contributed by atoms with van der Waals surface area (Å²) in [6, 6.07) is 2.36. The van der Waals surface area contributed by atoms with E-state index in [0.717, 1.165) is 32.7 Å². The first-order valence-corrected chi connectivity index (χ1v) is 8.49. The molecule has 23 heavy (non-hydrogen) atoms. The van der Waals surface area contributed by atoms with Crippen molar-refractivity contribution in [1.29, 1.82) is 0 Å². The number of hydrogen-bond donors (Lipinski definition) is 2. The third kappa shape index (κ3) is 3.75. The number of aliphatic hydroxyl groups excluding tert-OH is 2. The molecule has 7 heteroatoms. The van der Waals surface area contributed by atoms with Crippen molar-refractivity contribution in [2.75, 3.05) is 39.4 Å². The number of aromatic nitrogens is 2. The van der Waals surface area contributed by atoms with E-state index in [9.17, 15) is 10.2 Å². The van der Waals surface area contributed by atoms with E-state index in [1.165, 1.54) is 5.69 Å². The number of ether oxygens (including phenoxy) is 1. The molecule has 0 spiro atoms. The molecule has 3 rings (SSSR count). The molecule has 0 unspecified atom stereocenters. The van der Waals surface area contributed by atoms with Crippen molar-refractivity contribution in [2.45, 2.75) is 44.7 Å². The van der Waals surface area contributed by atoms with Crippen molar-refractivity contribution in [2.24, 2.45) is 0 Å². The minimum absolute atomic E-state index is 0.0953. The average Bonchev–Trinajstić information content (AvgIpc) is 2.99. The van der Waals surface area contributed by atoms with E-state index in [0.29, 0.717) is 12.6 Å². The first kappa shape index (κ1) is 16.9. The zero-order chi connectivity index (χ0) is 16.4. The molecular formula is C16H28N4O3. The average molecular weight is 324 g/mol. The van der Waals surface area contributed by atoms with Crippen molar-refractivity contribution < 1.29 is 14.9 Å². The van der Waals surface area contributed by atoms with Gasteiger partial charge in [0.2, 0.25) is 0 Å². The van der Waals surface area contributed by atoms with Crippen molar-refractivity contribution in [1.82, 2.24) is 19.6 Å². The minimum atomic E-state index is -0.771. The van der Waals surface area contributed by atoms with Crippen molar-refractivity contribution in [3.8, 4) is 0 Å². The van der Waals surface area contributed by atoms with E-state index in [1.807, 2.05) is 6.20 Å². The number of hydrogen-bond acceptors (Lipinski definition) is 6. The second-order valence-electron chi connectivity index (χ2n) is 6.84. The molecule has 2 N–H and O–H groups in total. The highest BCUT2D eigenvalue weighted by molar-refractivity contribution is 5.02. The highest BCUT2D eigenvalue weighted by Gasteiger charge is 2.36. The topological polar surface area (TPSA) is 74.0 Å². The number of piperazine rings is 1. The van der Waals surface area contributed by atoms with Crippen LogP contribution in [0.4, 0.5) is 0 Å². The number of nitrogens with zero attached hydrogens (tertiary/aromatic N) is 4. The summed E-state index contributed by atoms with van der Waals surface area (Å²) in [4.78, 5) is 4.65. The first-order chi connectivity index (χ1) is 11.1. The van der Waals surface area contributed by atoms with Gasteiger partial charge in [-0.15, -0.1) is 0 Å². The molecule has 2 aliphatic heterocycles. The van der Waals surface area contributed by atoms with Crippen LogP contribution in [0.3, 0.4) is 0 Å². The molecule has 1 aromatic heterocycles. The Labute approximate surface area is 137 Å². The molecule has 0 aromatic carbocycles. The summed E-state index contributed by atoms with van der Waals surface area (Å²) in [5.74, 6) is 0. The normalized spacial score (nSPS) is 30.9. The molecule has 130 valence electrons. The van der Waals surface area contributed by atoms with Gasteiger partial charge in [-0.05, 0) is 19.9 Å². The molecule has 1 aromatic rings. The van der Waals surface area contributed by atoms with E-state index < -0.39 is 12.2 Å². The van der Waals surface area contributed by atoms with Gasteiger partial charge < -0.3 is 14.9 Å². The van der Waals surface area contributed by atoms with E-state index in [4.69, 9.17) is 4.74 Å². The van der Waals surface area contributed by atoms with Gasteiger partial charge in [0.15, 0.2) is 0 Å². The molecular weight excluding hydrogens is 296 g/mol. The summed E-state index contributed by atoms with van der Waals surface area (Å²) < 4.78 is 7.47. The maximum atomic E-state index is 10.2. The van der Waals surface area contributed by atoms with Crippen LogP contribution in [0.1, 0.15) is 25.6 Å². The summed E-state index contributed by atoms with van der Waals surface area (Å²) >= 11 is 0. The molecule has 3 heterocycles. The van der Waals surface area contributed by atoms with Crippen LogP contribution < -0.4 is 0 Å². The fourth-order valence-electron chi connectivity index (χ4n) is 3.50. The third-order valence-electron chi connectivity index (χ3n) is 4.87. The fraction of sp³-hybridized carbons (Fsp3) is 0.812. The molecule has 3 atom stereocenters. The van der Waals surface area contributed by atoms with Crippen molar-refractivity contribution in [3.05, 3.63) is 18.0 Å². The predicted octanol–water partition coefficient (Wildman–Crippen LogP) is -0.298. The van der Waals surface area contributed by atoms with Gasteiger partial charge in [0.1, 0.15) is 6.10 Å². The first-order valence-electron chi connectivity index (χ1n) is 8.49. The molecule has 2 fully saturated rings. The van der Waals surface area contributed by atoms with Crippen molar-refractivity contribution in [3.63, 3.8) is 0 Å². The number of rotatable bonds is 4. The third-order valence-corrected chi connectivity index (χ3v) is 4.87. The summed E-state index contributed by atoms with van der Waals surface area (Å²) in [6.07, 6.45) is 0.382. The smallest absolute Gasteiger partial charge is 0.105 e. The maximum absolute atomic E-state index is 10.2. The van der Waals surface area contributed by atoms with E-state index in [2.05, 4.69) is 39.5 Å². The SMILES string of the molecule is CC(C)n1nccc1CN1CCN([C@@H]2COC[C@@H](O)[C@H]2O)CC1. The minimum Gasteiger partial charge on any atom is -0.389 e. The highest BCUT2D eigenvalue weighted by Crippen LogP contribution is 2.18. The largest absolute Gasteiger partial charge is 0.389 e. The Morgan fingerprint density at radius 1 is 1.22 bits per heavy atom. The molecule has 2 saturated heterocycles. The monoisotopic (exact) mass is 324 g/mol. The van der Waals surface area contributed by atoms with E-state index in [1.54, 1.807) is 0 Å². The predicted molar refractivity (Wildman–Crippen MR) is 86.1 cm³/mol. The molecule has 0 amide bonds. The molecule has 7 nitrogen and oxygen atoms in total. The van der Waals surface area contributed by atoms with Gasteiger partial charge in [0.05, 0.1) is 31.1 Å². The Hall–Kier alpha value is -0.990. The Morgan fingerprint density at radius 2 is 1.96 bits per heavy atom. The van der Waals surface area contributed by atoms with E-state index >= 15 is 0 Å². The second kappa shape index (κ2) is 7.27. The van der Waals surface area contributed by atoms with Gasteiger partial charge in [0, 0.05) is 45.0 Å². The van der Waals surface area contributed by atoms with Crippen molar-refractivity contribution >= 4 is 0 Å². The van der Waals surface area contributed by atoms with Gasteiger partial charge >= 0.3 is 0 Å². The van der Waals surface area contributed by atoms with Crippen LogP contribution in [0, 0.1) is 0 Å². The van der Waals surface area contributed by atoms with Crippen LogP contribution in [-0.2, 0) is 11.3 Å². The molecule has 0 saturated carbocycles. The Kier molecular flexibility index (Phi) is 5.33. The maximum Gasteiger partial charge on any atom is 0.105 e. The summed E-state index contributed by atoms with van der Waals surface area (Å²) in [5, 5.41) is 24.3. The standard InChI is InChI=1S/C16H28N4O3/c1-12(2)20-13(3-4-17-20)9-18-5-7-19(8-6-18)14-10-23-11-15(21)16(14)22/h3-4,12,14-16,21-22H,5-11H2,1-2H3/t14-,15-,16+/m1/s1. The molecule has 0 radical (unpaired) electrons. The van der Waals surface area contributed by atoms with Crippen LogP contribution in [0.15, 0.2) is 12.3 Å². The summed E-state index contributed by atoms with van der Waals surface area (Å²) in [6.45, 7) is 9.58. The zero-order valence-corrected chi connectivity index (χ0v) is 14.0. The molecule has 0 bridgehead atoms. The Bertz CT molecular complexity index is 499. The van der Waals surface area contributed by atoms with Crippen LogP contribution >= 0.6 is 0 Å². The van der Waals surface area contributed by atoms with Crippen LogP contribution in [0.2, 0.25) is 0 Å². The van der Waals surface area contributed by atoms with Gasteiger partial charge in [-0.1, -0.05) is 0 Å². The number of aliphatic hydroxyl groups is 2. The highest BCUT2D eigenvalue weighted by atomic mass is 16.5. The van der Waals surface area contributed by atoms with Gasteiger partial charge in [-0.25, -0.2) is 0 Å². The Balaban J connectivity index is 1.53. The zero-order valence-electron chi connectivity index (χ0n) is 14.0. The van der Waals surface area contributed by atoms with Crippen LogP contribution in [0.5, 0.6) is 0 Å². The molecule has 0 aliphatic carbocycles. The van der Waals surface area contributed by atoms with Crippen LogP contribution in [0.25, 0.3) is 0 Å². The summed E-state index contributed by atoms with van der Waals surface area (Å²) in [5.41, 5.74) is 1.24. The quantitative estimate of drug-likeness (QED) is 0.792. The van der Waals surface area contributed by atoms with Gasteiger partial charge in [0.25, 0.3) is 0 Å². The van der Waals surface area contributed by atoms with Crippen LogP contribution in [-0.4, -0.2) is 87.4 Å². The lowest BCUT2D eigenvalue weighted by Crippen LogP contribution is -2.60. The summed E-state index contributed by atoms with van der Waals surface area (Å²) in [7, 11) is 0. The van der Waals surface area contributed by atoms with E-state index in [-0.39, 0.29) is 12.6 Å². The molecule has 2 aliphatic rings. The lowest BCUT2D eigenvalue weighted by molar-refractivity contribution is -0.137. The lowest BCUT2D eigenvalue weighted by atomic mass is 10.0. The second-order valence-corrected chi connectivity index (χ2v) is 6.84. The van der Waals surface area contributed by atoms with Gasteiger partial charge in [-0.2, -0.15) is 5.10 Å². The lowest BCUT2D eigenvalue weighted by Gasteiger charge is -2.43.